The van der Waals surface area contributed by atoms with E-state index in [2.05, 4.69) is 0 Å². The van der Waals surface area contributed by atoms with Gasteiger partial charge in [-0.2, -0.15) is 0 Å². The quantitative estimate of drug-likeness (QED) is 0.419. The normalized spacial score (nSPS) is 49.2. The third-order valence-corrected chi connectivity index (χ3v) is 2.93. The van der Waals surface area contributed by atoms with Gasteiger partial charge < -0.3 is 15.3 Å². The second-order valence-corrected chi connectivity index (χ2v) is 3.75. The van der Waals surface area contributed by atoms with E-state index in [4.69, 9.17) is 0 Å². The monoisotopic (exact) mass is 173 g/mol. The fraction of sp³-hybridized carbons (Fsp3) is 1.00. The van der Waals surface area contributed by atoms with Crippen LogP contribution in [0.1, 0.15) is 12.8 Å². The van der Waals surface area contributed by atoms with Crippen molar-refractivity contribution in [3.05, 3.63) is 0 Å². The first-order valence-corrected chi connectivity index (χ1v) is 4.48. The van der Waals surface area contributed by atoms with Crippen LogP contribution in [0, 0.1) is 0 Å². The van der Waals surface area contributed by atoms with Gasteiger partial charge in [0.05, 0.1) is 24.4 Å². The fourth-order valence-electron chi connectivity index (χ4n) is 2.30. The molecule has 2 saturated heterocycles. The number of nitrogens with zero attached hydrogens (tertiary/aromatic N) is 1. The lowest BCUT2D eigenvalue weighted by molar-refractivity contribution is -0.0282. The molecule has 0 spiro atoms. The third-order valence-electron chi connectivity index (χ3n) is 2.93. The van der Waals surface area contributed by atoms with Crippen molar-refractivity contribution < 1.29 is 15.3 Å². The summed E-state index contributed by atoms with van der Waals surface area (Å²) in [5, 5.41) is 28.4. The summed E-state index contributed by atoms with van der Waals surface area (Å²) in [7, 11) is 0. The second kappa shape index (κ2) is 2.96. The summed E-state index contributed by atoms with van der Waals surface area (Å²) in [6.45, 7) is 1.39. The minimum atomic E-state index is -0.764. The van der Waals surface area contributed by atoms with Gasteiger partial charge in [0.15, 0.2) is 0 Å². The van der Waals surface area contributed by atoms with E-state index < -0.39 is 18.3 Å². The van der Waals surface area contributed by atoms with E-state index in [-0.39, 0.29) is 6.04 Å². The van der Waals surface area contributed by atoms with Crippen molar-refractivity contribution in [3.8, 4) is 0 Å². The summed E-state index contributed by atoms with van der Waals surface area (Å²) in [5.74, 6) is 0. The van der Waals surface area contributed by atoms with E-state index in [1.807, 2.05) is 4.90 Å². The van der Waals surface area contributed by atoms with Gasteiger partial charge in [-0.3, -0.25) is 4.90 Å². The molecule has 4 atom stereocenters. The Hall–Kier alpha value is -0.160. The van der Waals surface area contributed by atoms with Crippen LogP contribution < -0.4 is 0 Å². The molecule has 2 aliphatic rings. The van der Waals surface area contributed by atoms with E-state index in [0.29, 0.717) is 6.54 Å². The predicted molar refractivity (Wildman–Crippen MR) is 42.6 cm³/mol. The van der Waals surface area contributed by atoms with Crippen LogP contribution >= 0.6 is 0 Å². The number of aliphatic hydroxyl groups is 3. The molecule has 0 saturated carbocycles. The van der Waals surface area contributed by atoms with Gasteiger partial charge in [-0.05, 0) is 19.4 Å². The Labute approximate surface area is 71.4 Å². The molecule has 4 nitrogen and oxygen atoms in total. The van der Waals surface area contributed by atoms with Gasteiger partial charge in [0.2, 0.25) is 0 Å². The molecule has 12 heavy (non-hydrogen) atoms. The number of rotatable bonds is 0. The predicted octanol–water partition coefficient (Wildman–Crippen LogP) is -1.45. The zero-order chi connectivity index (χ0) is 8.72. The van der Waals surface area contributed by atoms with Gasteiger partial charge >= 0.3 is 0 Å². The van der Waals surface area contributed by atoms with Crippen LogP contribution in [-0.2, 0) is 0 Å². The molecule has 0 radical (unpaired) electrons. The Morgan fingerprint density at radius 2 is 1.83 bits per heavy atom. The number of hydrogen-bond acceptors (Lipinski definition) is 4. The van der Waals surface area contributed by atoms with Gasteiger partial charge in [0, 0.05) is 6.54 Å². The lowest BCUT2D eigenvalue weighted by Crippen LogP contribution is -2.48. The maximum atomic E-state index is 9.55. The SMILES string of the molecule is OC1CN2CCCC(O)[C@@H]2C1O. The van der Waals surface area contributed by atoms with Crippen LogP contribution in [0.3, 0.4) is 0 Å². The maximum Gasteiger partial charge on any atom is 0.0991 e. The third kappa shape index (κ3) is 1.15. The molecule has 0 bridgehead atoms. The average Bonchev–Trinajstić information content (AvgIpc) is 2.29. The van der Waals surface area contributed by atoms with Crippen LogP contribution in [0.15, 0.2) is 0 Å². The minimum Gasteiger partial charge on any atom is -0.391 e. The summed E-state index contributed by atoms with van der Waals surface area (Å²) < 4.78 is 0. The fourth-order valence-corrected chi connectivity index (χ4v) is 2.30. The van der Waals surface area contributed by atoms with E-state index in [1.54, 1.807) is 0 Å². The van der Waals surface area contributed by atoms with Gasteiger partial charge in [-0.1, -0.05) is 0 Å². The molecule has 2 rings (SSSR count). The molecule has 0 aromatic carbocycles. The van der Waals surface area contributed by atoms with Crippen LogP contribution in [-0.4, -0.2) is 57.7 Å². The summed E-state index contributed by atoms with van der Waals surface area (Å²) in [6, 6.07) is -0.228. The Kier molecular flexibility index (Phi) is 2.08. The van der Waals surface area contributed by atoms with Crippen molar-refractivity contribution in [2.45, 2.75) is 37.2 Å². The van der Waals surface area contributed by atoms with Crippen molar-refractivity contribution in [3.63, 3.8) is 0 Å². The van der Waals surface area contributed by atoms with Crippen molar-refractivity contribution in [1.82, 2.24) is 4.90 Å². The first kappa shape index (κ1) is 8.44. The highest BCUT2D eigenvalue weighted by Crippen LogP contribution is 2.27. The van der Waals surface area contributed by atoms with E-state index in [1.165, 1.54) is 0 Å². The number of piperidine rings is 1. The average molecular weight is 173 g/mol. The highest BCUT2D eigenvalue weighted by Gasteiger charge is 2.45. The lowest BCUT2D eigenvalue weighted by Gasteiger charge is -2.34. The van der Waals surface area contributed by atoms with Crippen molar-refractivity contribution in [2.24, 2.45) is 0 Å². The van der Waals surface area contributed by atoms with Crippen LogP contribution in [0.5, 0.6) is 0 Å². The smallest absolute Gasteiger partial charge is 0.0991 e. The molecule has 0 amide bonds. The molecule has 0 aliphatic carbocycles. The summed E-state index contributed by atoms with van der Waals surface area (Å²) in [5.41, 5.74) is 0. The molecule has 4 heteroatoms. The van der Waals surface area contributed by atoms with Gasteiger partial charge in [-0.25, -0.2) is 0 Å². The molecule has 2 aliphatic heterocycles. The standard InChI is InChI=1S/C8H15NO3/c10-5-2-1-3-9-4-6(11)8(12)7(5)9/h5-8,10-12H,1-4H2/t5?,6?,7-,8?/m1/s1. The van der Waals surface area contributed by atoms with E-state index in [0.717, 1.165) is 19.4 Å². The maximum absolute atomic E-state index is 9.55. The highest BCUT2D eigenvalue weighted by atomic mass is 16.3. The summed E-state index contributed by atoms with van der Waals surface area (Å²) in [6.07, 6.45) is -0.212. The van der Waals surface area contributed by atoms with Crippen molar-refractivity contribution in [1.29, 1.82) is 0 Å². The largest absolute Gasteiger partial charge is 0.391 e. The van der Waals surface area contributed by atoms with E-state index >= 15 is 0 Å². The first-order valence-electron chi connectivity index (χ1n) is 4.48. The van der Waals surface area contributed by atoms with Gasteiger partial charge in [-0.15, -0.1) is 0 Å². The topological polar surface area (TPSA) is 63.9 Å². The van der Waals surface area contributed by atoms with Crippen molar-refractivity contribution in [2.75, 3.05) is 13.1 Å². The van der Waals surface area contributed by atoms with Crippen molar-refractivity contribution >= 4 is 0 Å². The Morgan fingerprint density at radius 1 is 1.08 bits per heavy atom. The number of hydrogen-bond donors (Lipinski definition) is 3. The Balaban J connectivity index is 2.12. The summed E-state index contributed by atoms with van der Waals surface area (Å²) in [4.78, 5) is 1.98. The summed E-state index contributed by atoms with van der Waals surface area (Å²) >= 11 is 0. The molecule has 70 valence electrons. The molecule has 0 aromatic heterocycles. The Bertz CT molecular complexity index is 176. The van der Waals surface area contributed by atoms with E-state index in [9.17, 15) is 15.3 Å². The molecule has 2 heterocycles. The first-order chi connectivity index (χ1) is 5.70. The Morgan fingerprint density at radius 3 is 2.50 bits per heavy atom. The molecular weight excluding hydrogens is 158 g/mol. The number of fused-ring (bicyclic) bond motifs is 1. The zero-order valence-corrected chi connectivity index (χ0v) is 6.93. The molecular formula is C8H15NO3. The van der Waals surface area contributed by atoms with Crippen LogP contribution in [0.25, 0.3) is 0 Å². The van der Waals surface area contributed by atoms with Gasteiger partial charge in [0.25, 0.3) is 0 Å². The zero-order valence-electron chi connectivity index (χ0n) is 6.93. The van der Waals surface area contributed by atoms with Gasteiger partial charge in [0.1, 0.15) is 0 Å². The minimum absolute atomic E-state index is 0.228. The lowest BCUT2D eigenvalue weighted by atomic mass is 9.97. The molecule has 3 unspecified atom stereocenters. The second-order valence-electron chi connectivity index (χ2n) is 3.75. The van der Waals surface area contributed by atoms with Crippen LogP contribution in [0.2, 0.25) is 0 Å². The highest BCUT2D eigenvalue weighted by molar-refractivity contribution is 4.99. The van der Waals surface area contributed by atoms with Crippen LogP contribution in [0.4, 0.5) is 0 Å². The molecule has 2 fully saturated rings. The molecule has 3 N–H and O–H groups in total. The number of aliphatic hydroxyl groups excluding tert-OH is 3. The molecule has 0 aromatic rings.